The Morgan fingerprint density at radius 1 is 1.29 bits per heavy atom. The minimum atomic E-state index is -0.146. The van der Waals surface area contributed by atoms with Crippen LogP contribution in [0, 0.1) is 0 Å². The van der Waals surface area contributed by atoms with Gasteiger partial charge in [-0.05, 0) is 42.8 Å². The highest BCUT2D eigenvalue weighted by Gasteiger charge is 2.09. The molecule has 2 rings (SSSR count). The fourth-order valence-corrected chi connectivity index (χ4v) is 1.94. The van der Waals surface area contributed by atoms with Gasteiger partial charge in [0.25, 0.3) is 5.91 Å². The van der Waals surface area contributed by atoms with E-state index in [1.165, 1.54) is 0 Å². The fourth-order valence-electron chi connectivity index (χ4n) is 1.76. The minimum Gasteiger partial charge on any atom is -0.455 e. The minimum absolute atomic E-state index is 0.146. The first-order chi connectivity index (χ1) is 10.1. The first-order valence-corrected chi connectivity index (χ1v) is 7.09. The topological polar surface area (TPSA) is 64.4 Å². The summed E-state index contributed by atoms with van der Waals surface area (Å²) in [7, 11) is 0. The molecule has 0 saturated carbocycles. The normalized spacial score (nSPS) is 10.2. The second-order valence-corrected chi connectivity index (χ2v) is 5.00. The molecule has 0 aromatic heterocycles. The van der Waals surface area contributed by atoms with Crippen molar-refractivity contribution < 1.29 is 9.53 Å². The molecule has 2 aromatic rings. The Balaban J connectivity index is 2.21. The van der Waals surface area contributed by atoms with Crippen molar-refractivity contribution in [3.8, 4) is 11.5 Å². The molecule has 0 radical (unpaired) electrons. The highest BCUT2D eigenvalue weighted by Crippen LogP contribution is 2.29. The zero-order valence-corrected chi connectivity index (χ0v) is 12.5. The highest BCUT2D eigenvalue weighted by atomic mass is 35.5. The van der Waals surface area contributed by atoms with Gasteiger partial charge in [0.15, 0.2) is 5.75 Å². The average Bonchev–Trinajstić information content (AvgIpc) is 2.47. The number of rotatable bonds is 5. The number of carbonyl (C=O) groups excluding carboxylic acids is 1. The zero-order chi connectivity index (χ0) is 15.2. The summed E-state index contributed by atoms with van der Waals surface area (Å²) in [5.74, 6) is 0.856. The van der Waals surface area contributed by atoms with Crippen LogP contribution in [0.3, 0.4) is 0 Å². The number of hydrogen-bond donors (Lipinski definition) is 2. The predicted octanol–water partition coefficient (Wildman–Crippen LogP) is 3.85. The van der Waals surface area contributed by atoms with E-state index in [2.05, 4.69) is 5.32 Å². The summed E-state index contributed by atoms with van der Waals surface area (Å²) >= 11 is 5.91. The molecule has 3 N–H and O–H groups in total. The molecule has 110 valence electrons. The van der Waals surface area contributed by atoms with Crippen molar-refractivity contribution >= 4 is 23.2 Å². The quantitative estimate of drug-likeness (QED) is 0.825. The lowest BCUT2D eigenvalue weighted by molar-refractivity contribution is 0.0953. The molecule has 21 heavy (non-hydrogen) atoms. The molecule has 0 heterocycles. The van der Waals surface area contributed by atoms with Gasteiger partial charge in [-0.1, -0.05) is 24.6 Å². The van der Waals surface area contributed by atoms with Gasteiger partial charge in [0.2, 0.25) is 0 Å². The SMILES string of the molecule is CCCNC(=O)c1ccc(N)c(Oc2cccc(Cl)c2)c1. The molecule has 1 amide bonds. The van der Waals surface area contributed by atoms with Crippen molar-refractivity contribution in [1.29, 1.82) is 0 Å². The van der Waals surface area contributed by atoms with Crippen LogP contribution in [0.4, 0.5) is 5.69 Å². The zero-order valence-electron chi connectivity index (χ0n) is 11.7. The molecule has 0 spiro atoms. The average molecular weight is 305 g/mol. The molecular weight excluding hydrogens is 288 g/mol. The first kappa shape index (κ1) is 15.2. The maximum atomic E-state index is 11.9. The molecule has 0 atom stereocenters. The summed E-state index contributed by atoms with van der Waals surface area (Å²) in [6.45, 7) is 2.63. The molecule has 0 bridgehead atoms. The van der Waals surface area contributed by atoms with Crippen LogP contribution in [0.25, 0.3) is 0 Å². The Bertz CT molecular complexity index is 644. The standard InChI is InChI=1S/C16H17ClN2O2/c1-2-8-19-16(20)11-6-7-14(18)15(9-11)21-13-5-3-4-12(17)10-13/h3-7,9-10H,2,8,18H2,1H3,(H,19,20). The summed E-state index contributed by atoms with van der Waals surface area (Å²) < 4.78 is 5.70. The van der Waals surface area contributed by atoms with Crippen LogP contribution < -0.4 is 15.8 Å². The molecule has 5 heteroatoms. The predicted molar refractivity (Wildman–Crippen MR) is 85.0 cm³/mol. The van der Waals surface area contributed by atoms with E-state index in [0.717, 1.165) is 6.42 Å². The third-order valence-corrected chi connectivity index (χ3v) is 3.07. The van der Waals surface area contributed by atoms with Crippen LogP contribution in [0.15, 0.2) is 42.5 Å². The van der Waals surface area contributed by atoms with Gasteiger partial charge in [0.05, 0.1) is 5.69 Å². The van der Waals surface area contributed by atoms with Gasteiger partial charge >= 0.3 is 0 Å². The molecule has 0 unspecified atom stereocenters. The molecule has 0 aliphatic rings. The smallest absolute Gasteiger partial charge is 0.251 e. The number of nitrogens with one attached hydrogen (secondary N) is 1. The number of hydrogen-bond acceptors (Lipinski definition) is 3. The Kier molecular flexibility index (Phi) is 5.06. The number of nitrogens with two attached hydrogens (primary N) is 1. The number of nitrogen functional groups attached to an aromatic ring is 1. The van der Waals surface area contributed by atoms with Crippen molar-refractivity contribution in [3.63, 3.8) is 0 Å². The summed E-state index contributed by atoms with van der Waals surface area (Å²) in [6, 6.07) is 11.9. The Labute approximate surface area is 128 Å². The van der Waals surface area contributed by atoms with Crippen LogP contribution in [0.1, 0.15) is 23.7 Å². The van der Waals surface area contributed by atoms with Gasteiger partial charge in [0.1, 0.15) is 5.75 Å². The largest absolute Gasteiger partial charge is 0.455 e. The highest BCUT2D eigenvalue weighted by molar-refractivity contribution is 6.30. The Morgan fingerprint density at radius 2 is 2.10 bits per heavy atom. The van der Waals surface area contributed by atoms with Crippen molar-refractivity contribution in [2.45, 2.75) is 13.3 Å². The Hall–Kier alpha value is -2.20. The molecule has 0 aliphatic carbocycles. The summed E-state index contributed by atoms with van der Waals surface area (Å²) in [6.07, 6.45) is 0.882. The lowest BCUT2D eigenvalue weighted by Crippen LogP contribution is -2.23. The van der Waals surface area contributed by atoms with E-state index in [1.54, 1.807) is 42.5 Å². The Morgan fingerprint density at radius 3 is 2.81 bits per heavy atom. The van der Waals surface area contributed by atoms with Gasteiger partial charge < -0.3 is 15.8 Å². The molecule has 0 fully saturated rings. The number of carbonyl (C=O) groups is 1. The van der Waals surface area contributed by atoms with Gasteiger partial charge in [-0.3, -0.25) is 4.79 Å². The maximum Gasteiger partial charge on any atom is 0.251 e. The van der Waals surface area contributed by atoms with E-state index < -0.39 is 0 Å². The number of halogens is 1. The van der Waals surface area contributed by atoms with Crippen LogP contribution >= 0.6 is 11.6 Å². The monoisotopic (exact) mass is 304 g/mol. The summed E-state index contributed by atoms with van der Waals surface area (Å²) in [5, 5.41) is 3.38. The molecule has 4 nitrogen and oxygen atoms in total. The van der Waals surface area contributed by atoms with Gasteiger partial charge in [-0.2, -0.15) is 0 Å². The number of amides is 1. The van der Waals surface area contributed by atoms with Crippen LogP contribution in [-0.2, 0) is 0 Å². The van der Waals surface area contributed by atoms with Crippen molar-refractivity contribution in [3.05, 3.63) is 53.1 Å². The number of benzene rings is 2. The van der Waals surface area contributed by atoms with E-state index in [9.17, 15) is 4.79 Å². The fraction of sp³-hybridized carbons (Fsp3) is 0.188. The van der Waals surface area contributed by atoms with Gasteiger partial charge in [-0.15, -0.1) is 0 Å². The van der Waals surface area contributed by atoms with E-state index in [-0.39, 0.29) is 5.91 Å². The first-order valence-electron chi connectivity index (χ1n) is 6.71. The molecule has 0 saturated heterocycles. The number of ether oxygens (including phenoxy) is 1. The van der Waals surface area contributed by atoms with Crippen LogP contribution in [0.5, 0.6) is 11.5 Å². The van der Waals surface area contributed by atoms with E-state index in [4.69, 9.17) is 22.1 Å². The lowest BCUT2D eigenvalue weighted by atomic mass is 10.1. The van der Waals surface area contributed by atoms with Crippen molar-refractivity contribution in [1.82, 2.24) is 5.32 Å². The second kappa shape index (κ2) is 6.99. The van der Waals surface area contributed by atoms with Crippen molar-refractivity contribution in [2.75, 3.05) is 12.3 Å². The van der Waals surface area contributed by atoms with E-state index in [1.807, 2.05) is 6.92 Å². The summed E-state index contributed by atoms with van der Waals surface area (Å²) in [5.41, 5.74) is 6.86. The number of anilines is 1. The molecule has 0 aliphatic heterocycles. The lowest BCUT2D eigenvalue weighted by Gasteiger charge is -2.11. The van der Waals surface area contributed by atoms with E-state index >= 15 is 0 Å². The molecular formula is C16H17ClN2O2. The third-order valence-electron chi connectivity index (χ3n) is 2.84. The van der Waals surface area contributed by atoms with Gasteiger partial charge in [-0.25, -0.2) is 0 Å². The summed E-state index contributed by atoms with van der Waals surface area (Å²) in [4.78, 5) is 11.9. The second-order valence-electron chi connectivity index (χ2n) is 4.57. The van der Waals surface area contributed by atoms with Gasteiger partial charge in [0, 0.05) is 17.1 Å². The molecule has 2 aromatic carbocycles. The maximum absolute atomic E-state index is 11.9. The van der Waals surface area contributed by atoms with Crippen LogP contribution in [-0.4, -0.2) is 12.5 Å². The van der Waals surface area contributed by atoms with E-state index in [0.29, 0.717) is 34.3 Å². The van der Waals surface area contributed by atoms with Crippen molar-refractivity contribution in [2.24, 2.45) is 0 Å². The third kappa shape index (κ3) is 4.13. The van der Waals surface area contributed by atoms with Crippen LogP contribution in [0.2, 0.25) is 5.02 Å².